The lowest BCUT2D eigenvalue weighted by molar-refractivity contribution is -0.120. The highest BCUT2D eigenvalue weighted by Gasteiger charge is 2.32. The smallest absolute Gasteiger partial charge is 0.243 e. The molecule has 0 bridgehead atoms. The summed E-state index contributed by atoms with van der Waals surface area (Å²) in [4.78, 5) is 12.4. The van der Waals surface area contributed by atoms with Crippen molar-refractivity contribution < 1.29 is 17.6 Å². The molecule has 0 atom stereocenters. The van der Waals surface area contributed by atoms with Gasteiger partial charge in [-0.1, -0.05) is 18.2 Å². The van der Waals surface area contributed by atoms with Crippen LogP contribution in [0, 0.1) is 11.7 Å². The van der Waals surface area contributed by atoms with E-state index in [-0.39, 0.29) is 29.8 Å². The molecule has 0 spiro atoms. The molecule has 5 nitrogen and oxygen atoms in total. The Kier molecular flexibility index (Phi) is 5.15. The first kappa shape index (κ1) is 17.6. The average Bonchev–Trinajstić information content (AvgIpc) is 2.63. The Morgan fingerprint density at radius 1 is 1.00 bits per heavy atom. The molecule has 132 valence electrons. The van der Waals surface area contributed by atoms with Crippen LogP contribution in [0.3, 0.4) is 0 Å². The number of carbonyl (C=O) groups is 1. The van der Waals surface area contributed by atoms with Crippen molar-refractivity contribution in [3.8, 4) is 0 Å². The third-order valence-electron chi connectivity index (χ3n) is 4.32. The van der Waals surface area contributed by atoms with Gasteiger partial charge in [0.15, 0.2) is 0 Å². The Hall–Kier alpha value is -2.25. The van der Waals surface area contributed by atoms with Crippen LogP contribution in [0.2, 0.25) is 0 Å². The van der Waals surface area contributed by atoms with E-state index in [0.717, 1.165) is 17.8 Å². The minimum atomic E-state index is -3.65. The number of piperidine rings is 1. The van der Waals surface area contributed by atoms with Crippen LogP contribution >= 0.6 is 0 Å². The second kappa shape index (κ2) is 7.33. The topological polar surface area (TPSA) is 66.5 Å². The molecule has 0 aliphatic carbocycles. The predicted octanol–water partition coefficient (Wildman–Crippen LogP) is 2.87. The lowest BCUT2D eigenvalue weighted by Crippen LogP contribution is -2.41. The van der Waals surface area contributed by atoms with E-state index in [4.69, 9.17) is 0 Å². The van der Waals surface area contributed by atoms with Crippen LogP contribution < -0.4 is 5.32 Å². The molecule has 25 heavy (non-hydrogen) atoms. The third-order valence-corrected chi connectivity index (χ3v) is 6.23. The number of hydrogen-bond donors (Lipinski definition) is 1. The van der Waals surface area contributed by atoms with Crippen molar-refractivity contribution in [1.82, 2.24) is 4.31 Å². The van der Waals surface area contributed by atoms with E-state index in [0.29, 0.717) is 12.8 Å². The monoisotopic (exact) mass is 362 g/mol. The number of halogens is 1. The van der Waals surface area contributed by atoms with E-state index in [1.807, 2.05) is 30.3 Å². The van der Waals surface area contributed by atoms with Gasteiger partial charge in [0.2, 0.25) is 15.9 Å². The first-order valence-electron chi connectivity index (χ1n) is 8.08. The number of anilines is 1. The van der Waals surface area contributed by atoms with E-state index >= 15 is 0 Å². The zero-order valence-corrected chi connectivity index (χ0v) is 14.4. The van der Waals surface area contributed by atoms with E-state index in [1.54, 1.807) is 0 Å². The molecule has 1 aliphatic heterocycles. The van der Waals surface area contributed by atoms with Gasteiger partial charge in [0.05, 0.1) is 4.90 Å². The van der Waals surface area contributed by atoms with Gasteiger partial charge < -0.3 is 5.32 Å². The maximum atomic E-state index is 13.0. The number of hydrogen-bond acceptors (Lipinski definition) is 3. The Labute approximate surface area is 146 Å². The van der Waals surface area contributed by atoms with Gasteiger partial charge in [-0.3, -0.25) is 4.79 Å². The number of nitrogens with zero attached hydrogens (tertiary/aromatic N) is 1. The zero-order valence-electron chi connectivity index (χ0n) is 13.6. The van der Waals surface area contributed by atoms with Crippen molar-refractivity contribution in [2.75, 3.05) is 18.4 Å². The van der Waals surface area contributed by atoms with Gasteiger partial charge in [-0.05, 0) is 49.2 Å². The minimum Gasteiger partial charge on any atom is -0.326 e. The number of benzene rings is 2. The van der Waals surface area contributed by atoms with Crippen molar-refractivity contribution in [2.24, 2.45) is 5.92 Å². The van der Waals surface area contributed by atoms with Gasteiger partial charge in [0, 0.05) is 24.7 Å². The van der Waals surface area contributed by atoms with Gasteiger partial charge in [0.25, 0.3) is 0 Å². The fourth-order valence-electron chi connectivity index (χ4n) is 2.88. The molecule has 3 rings (SSSR count). The summed E-state index contributed by atoms with van der Waals surface area (Å²) in [7, 11) is -3.65. The molecule has 0 aromatic heterocycles. The van der Waals surface area contributed by atoms with E-state index < -0.39 is 15.8 Å². The van der Waals surface area contributed by atoms with Crippen molar-refractivity contribution in [2.45, 2.75) is 17.7 Å². The van der Waals surface area contributed by atoms with Crippen LogP contribution in [0.5, 0.6) is 0 Å². The zero-order chi connectivity index (χ0) is 17.9. The van der Waals surface area contributed by atoms with Crippen LogP contribution in [-0.4, -0.2) is 31.7 Å². The first-order valence-corrected chi connectivity index (χ1v) is 9.52. The summed E-state index contributed by atoms with van der Waals surface area (Å²) in [5, 5.41) is 2.85. The highest BCUT2D eigenvalue weighted by atomic mass is 32.2. The third kappa shape index (κ3) is 4.05. The van der Waals surface area contributed by atoms with Crippen LogP contribution in [0.1, 0.15) is 12.8 Å². The Balaban J connectivity index is 1.61. The molecular formula is C18H19FN2O3S. The summed E-state index contributed by atoms with van der Waals surface area (Å²) in [6, 6.07) is 14.0. The maximum Gasteiger partial charge on any atom is 0.243 e. The molecule has 2 aromatic carbocycles. The second-order valence-electron chi connectivity index (χ2n) is 5.99. The fourth-order valence-corrected chi connectivity index (χ4v) is 4.35. The lowest BCUT2D eigenvalue weighted by atomic mass is 9.97. The highest BCUT2D eigenvalue weighted by Crippen LogP contribution is 2.25. The molecule has 1 aliphatic rings. The normalized spacial score (nSPS) is 16.5. The quantitative estimate of drug-likeness (QED) is 0.909. The largest absolute Gasteiger partial charge is 0.326 e. The number of para-hydroxylation sites is 1. The fraction of sp³-hybridized carbons (Fsp3) is 0.278. The van der Waals surface area contributed by atoms with E-state index in [9.17, 15) is 17.6 Å². The van der Waals surface area contributed by atoms with Gasteiger partial charge in [-0.25, -0.2) is 12.8 Å². The summed E-state index contributed by atoms with van der Waals surface area (Å²) in [5.41, 5.74) is 0.730. The highest BCUT2D eigenvalue weighted by molar-refractivity contribution is 7.89. The van der Waals surface area contributed by atoms with Gasteiger partial charge in [-0.2, -0.15) is 4.31 Å². The van der Waals surface area contributed by atoms with Crippen molar-refractivity contribution in [1.29, 1.82) is 0 Å². The number of carbonyl (C=O) groups excluding carboxylic acids is 1. The van der Waals surface area contributed by atoms with Crippen molar-refractivity contribution >= 4 is 21.6 Å². The van der Waals surface area contributed by atoms with Crippen molar-refractivity contribution in [3.05, 3.63) is 60.4 Å². The lowest BCUT2D eigenvalue weighted by Gasteiger charge is -2.30. The van der Waals surface area contributed by atoms with Crippen LogP contribution in [0.15, 0.2) is 59.5 Å². The molecule has 0 radical (unpaired) electrons. The summed E-state index contributed by atoms with van der Waals surface area (Å²) in [5.74, 6) is -0.792. The van der Waals surface area contributed by atoms with E-state index in [2.05, 4.69) is 5.32 Å². The number of sulfonamides is 1. The Morgan fingerprint density at radius 2 is 1.60 bits per heavy atom. The predicted molar refractivity (Wildman–Crippen MR) is 93.0 cm³/mol. The van der Waals surface area contributed by atoms with Crippen LogP contribution in [0.4, 0.5) is 10.1 Å². The standard InChI is InChI=1S/C18H19FN2O3S/c19-15-6-8-17(9-7-15)25(23,24)21-12-10-14(11-13-21)18(22)20-16-4-2-1-3-5-16/h1-9,14H,10-13H2,(H,20,22). The number of rotatable bonds is 4. The van der Waals surface area contributed by atoms with Crippen molar-refractivity contribution in [3.63, 3.8) is 0 Å². The molecule has 0 saturated carbocycles. The molecule has 2 aromatic rings. The molecule has 1 heterocycles. The van der Waals surface area contributed by atoms with Gasteiger partial charge in [0.1, 0.15) is 5.82 Å². The van der Waals surface area contributed by atoms with Gasteiger partial charge in [-0.15, -0.1) is 0 Å². The SMILES string of the molecule is O=C(Nc1ccccc1)C1CCN(S(=O)(=O)c2ccc(F)cc2)CC1. The first-order chi connectivity index (χ1) is 12.0. The molecular weight excluding hydrogens is 343 g/mol. The maximum absolute atomic E-state index is 13.0. The molecule has 1 amide bonds. The molecule has 1 N–H and O–H groups in total. The Morgan fingerprint density at radius 3 is 2.20 bits per heavy atom. The van der Waals surface area contributed by atoms with E-state index in [1.165, 1.54) is 16.4 Å². The average molecular weight is 362 g/mol. The molecule has 7 heteroatoms. The van der Waals surface area contributed by atoms with Gasteiger partial charge >= 0.3 is 0 Å². The summed E-state index contributed by atoms with van der Waals surface area (Å²) < 4.78 is 39.5. The summed E-state index contributed by atoms with van der Waals surface area (Å²) in [6.45, 7) is 0.541. The second-order valence-corrected chi connectivity index (χ2v) is 7.93. The Bertz CT molecular complexity index is 830. The molecule has 1 saturated heterocycles. The summed E-state index contributed by atoms with van der Waals surface area (Å²) >= 11 is 0. The van der Waals surface area contributed by atoms with Crippen LogP contribution in [0.25, 0.3) is 0 Å². The summed E-state index contributed by atoms with van der Waals surface area (Å²) in [6.07, 6.45) is 0.915. The number of nitrogens with one attached hydrogen (secondary N) is 1. The molecule has 1 fully saturated rings. The minimum absolute atomic E-state index is 0.0705. The van der Waals surface area contributed by atoms with Crippen LogP contribution in [-0.2, 0) is 14.8 Å². The number of amides is 1. The molecule has 0 unspecified atom stereocenters.